The Morgan fingerprint density at radius 2 is 2.00 bits per heavy atom. The van der Waals surface area contributed by atoms with Gasteiger partial charge < -0.3 is 5.32 Å². The molecule has 20 heavy (non-hydrogen) atoms. The third-order valence-corrected chi connectivity index (χ3v) is 4.32. The molecule has 0 saturated heterocycles. The van der Waals surface area contributed by atoms with E-state index in [1.165, 1.54) is 28.9 Å². The molecule has 0 radical (unpaired) electrons. The summed E-state index contributed by atoms with van der Waals surface area (Å²) in [7, 11) is 0. The fraction of sp³-hybridized carbons (Fsp3) is 0.294. The minimum Gasteiger partial charge on any atom is -0.385 e. The Labute approximate surface area is 123 Å². The maximum Gasteiger partial charge on any atom is 0.123 e. The number of halogens is 2. The Kier molecular flexibility index (Phi) is 3.66. The van der Waals surface area contributed by atoms with Gasteiger partial charge in [-0.05, 0) is 66.6 Å². The number of fused-ring (bicyclic) bond motifs is 1. The first-order valence-electron chi connectivity index (χ1n) is 6.89. The highest BCUT2D eigenvalue weighted by molar-refractivity contribution is 6.31. The molecule has 0 saturated carbocycles. The molecule has 2 aromatic rings. The lowest BCUT2D eigenvalue weighted by Gasteiger charge is -2.27. The lowest BCUT2D eigenvalue weighted by molar-refractivity contribution is 0.534. The SMILES string of the molecule is Cc1cc2c(cc1Cl)CC(Cc1ccc(F)cc1)CN2. The van der Waals surface area contributed by atoms with Gasteiger partial charge in [-0.1, -0.05) is 23.7 Å². The summed E-state index contributed by atoms with van der Waals surface area (Å²) < 4.78 is 12.9. The van der Waals surface area contributed by atoms with Crippen LogP contribution in [0.25, 0.3) is 0 Å². The van der Waals surface area contributed by atoms with E-state index in [0.29, 0.717) is 5.92 Å². The molecule has 1 N–H and O–H groups in total. The number of anilines is 1. The molecule has 104 valence electrons. The van der Waals surface area contributed by atoms with Crippen LogP contribution in [0.3, 0.4) is 0 Å². The van der Waals surface area contributed by atoms with Crippen LogP contribution in [0.2, 0.25) is 5.02 Å². The summed E-state index contributed by atoms with van der Waals surface area (Å²) in [4.78, 5) is 0. The van der Waals surface area contributed by atoms with Gasteiger partial charge in [-0.15, -0.1) is 0 Å². The number of benzene rings is 2. The number of hydrogen-bond acceptors (Lipinski definition) is 1. The second kappa shape index (κ2) is 5.45. The number of nitrogens with one attached hydrogen (secondary N) is 1. The molecule has 0 fully saturated rings. The van der Waals surface area contributed by atoms with Gasteiger partial charge in [-0.25, -0.2) is 4.39 Å². The van der Waals surface area contributed by atoms with E-state index in [-0.39, 0.29) is 5.82 Å². The van der Waals surface area contributed by atoms with Crippen molar-refractivity contribution in [1.82, 2.24) is 0 Å². The molecule has 0 bridgehead atoms. The smallest absolute Gasteiger partial charge is 0.123 e. The molecule has 0 aromatic heterocycles. The number of aryl methyl sites for hydroxylation is 1. The molecule has 1 unspecified atom stereocenters. The van der Waals surface area contributed by atoms with Gasteiger partial charge in [-0.2, -0.15) is 0 Å². The van der Waals surface area contributed by atoms with Crippen LogP contribution in [0.5, 0.6) is 0 Å². The van der Waals surface area contributed by atoms with Crippen LogP contribution in [-0.4, -0.2) is 6.54 Å². The average Bonchev–Trinajstić information content (AvgIpc) is 2.43. The summed E-state index contributed by atoms with van der Waals surface area (Å²) in [5, 5.41) is 4.31. The van der Waals surface area contributed by atoms with Crippen molar-refractivity contribution in [3.63, 3.8) is 0 Å². The van der Waals surface area contributed by atoms with Gasteiger partial charge in [0.05, 0.1) is 0 Å². The van der Waals surface area contributed by atoms with Gasteiger partial charge in [0.2, 0.25) is 0 Å². The first kappa shape index (κ1) is 13.4. The zero-order valence-electron chi connectivity index (χ0n) is 11.4. The second-order valence-corrected chi connectivity index (χ2v) is 5.95. The Bertz CT molecular complexity index is 622. The van der Waals surface area contributed by atoms with Gasteiger partial charge in [0, 0.05) is 17.3 Å². The molecule has 1 aliphatic rings. The van der Waals surface area contributed by atoms with Crippen molar-refractivity contribution >= 4 is 17.3 Å². The van der Waals surface area contributed by atoms with Crippen molar-refractivity contribution in [2.75, 3.05) is 11.9 Å². The van der Waals surface area contributed by atoms with E-state index in [4.69, 9.17) is 11.6 Å². The first-order chi connectivity index (χ1) is 9.61. The maximum atomic E-state index is 12.9. The summed E-state index contributed by atoms with van der Waals surface area (Å²) in [5.41, 5.74) is 4.76. The highest BCUT2D eigenvalue weighted by Crippen LogP contribution is 2.31. The van der Waals surface area contributed by atoms with Crippen LogP contribution in [0.15, 0.2) is 36.4 Å². The van der Waals surface area contributed by atoms with Crippen molar-refractivity contribution < 1.29 is 4.39 Å². The van der Waals surface area contributed by atoms with E-state index in [9.17, 15) is 4.39 Å². The molecule has 1 heterocycles. The predicted octanol–water partition coefficient (Wildman–Crippen LogP) is 4.61. The van der Waals surface area contributed by atoms with Gasteiger partial charge >= 0.3 is 0 Å². The van der Waals surface area contributed by atoms with Crippen LogP contribution < -0.4 is 5.32 Å². The molecule has 1 aliphatic heterocycles. The fourth-order valence-corrected chi connectivity index (χ4v) is 2.98. The molecule has 0 aliphatic carbocycles. The zero-order chi connectivity index (χ0) is 14.1. The zero-order valence-corrected chi connectivity index (χ0v) is 12.2. The molecule has 2 aromatic carbocycles. The van der Waals surface area contributed by atoms with E-state index in [1.807, 2.05) is 19.1 Å². The minimum absolute atomic E-state index is 0.178. The van der Waals surface area contributed by atoms with Crippen molar-refractivity contribution in [3.05, 3.63) is 63.9 Å². The quantitative estimate of drug-likeness (QED) is 0.851. The van der Waals surface area contributed by atoms with Gasteiger partial charge in [0.25, 0.3) is 0 Å². The van der Waals surface area contributed by atoms with Crippen LogP contribution in [0, 0.1) is 18.7 Å². The largest absolute Gasteiger partial charge is 0.385 e. The highest BCUT2D eigenvalue weighted by Gasteiger charge is 2.19. The summed E-state index contributed by atoms with van der Waals surface area (Å²) in [6.07, 6.45) is 1.97. The van der Waals surface area contributed by atoms with Crippen molar-refractivity contribution in [1.29, 1.82) is 0 Å². The molecule has 0 spiro atoms. The number of hydrogen-bond donors (Lipinski definition) is 1. The minimum atomic E-state index is -0.178. The van der Waals surface area contributed by atoms with Crippen molar-refractivity contribution in [3.8, 4) is 0 Å². The van der Waals surface area contributed by atoms with Crippen molar-refractivity contribution in [2.45, 2.75) is 19.8 Å². The van der Waals surface area contributed by atoms with Gasteiger partial charge in [-0.3, -0.25) is 0 Å². The van der Waals surface area contributed by atoms with E-state index in [1.54, 1.807) is 0 Å². The molecule has 0 amide bonds. The Morgan fingerprint density at radius 1 is 1.25 bits per heavy atom. The van der Waals surface area contributed by atoms with Crippen LogP contribution in [-0.2, 0) is 12.8 Å². The Hall–Kier alpha value is -1.54. The van der Waals surface area contributed by atoms with E-state index >= 15 is 0 Å². The Balaban J connectivity index is 1.75. The standard InChI is InChI=1S/C17H17ClFN/c1-11-6-17-14(9-16(11)18)8-13(10-20-17)7-12-2-4-15(19)5-3-12/h2-6,9,13,20H,7-8,10H2,1H3. The normalized spacial score (nSPS) is 17.4. The number of rotatable bonds is 2. The van der Waals surface area contributed by atoms with Crippen LogP contribution >= 0.6 is 11.6 Å². The van der Waals surface area contributed by atoms with E-state index in [0.717, 1.165) is 30.0 Å². The molecular weight excluding hydrogens is 273 g/mol. The van der Waals surface area contributed by atoms with Crippen molar-refractivity contribution in [2.24, 2.45) is 5.92 Å². The van der Waals surface area contributed by atoms with E-state index < -0.39 is 0 Å². The molecule has 1 atom stereocenters. The lowest BCUT2D eigenvalue weighted by atomic mass is 9.88. The third-order valence-electron chi connectivity index (χ3n) is 3.91. The monoisotopic (exact) mass is 289 g/mol. The van der Waals surface area contributed by atoms with Crippen LogP contribution in [0.4, 0.5) is 10.1 Å². The van der Waals surface area contributed by atoms with Gasteiger partial charge in [0.1, 0.15) is 5.82 Å². The molecular formula is C17H17ClFN. The third kappa shape index (κ3) is 2.80. The summed E-state index contributed by atoms with van der Waals surface area (Å²) in [6, 6.07) is 11.0. The first-order valence-corrected chi connectivity index (χ1v) is 7.27. The predicted molar refractivity (Wildman–Crippen MR) is 82.0 cm³/mol. The topological polar surface area (TPSA) is 12.0 Å². The second-order valence-electron chi connectivity index (χ2n) is 5.54. The average molecular weight is 290 g/mol. The van der Waals surface area contributed by atoms with E-state index in [2.05, 4.69) is 17.4 Å². The molecule has 3 rings (SSSR count). The molecule has 1 nitrogen and oxygen atoms in total. The lowest BCUT2D eigenvalue weighted by Crippen LogP contribution is -2.25. The highest BCUT2D eigenvalue weighted by atomic mass is 35.5. The Morgan fingerprint density at radius 3 is 2.75 bits per heavy atom. The summed E-state index contributed by atoms with van der Waals surface area (Å²) in [5.74, 6) is 0.342. The fourth-order valence-electron chi connectivity index (χ4n) is 2.79. The molecule has 3 heteroatoms. The van der Waals surface area contributed by atoms with Gasteiger partial charge in [0.15, 0.2) is 0 Å². The summed E-state index contributed by atoms with van der Waals surface area (Å²) in [6.45, 7) is 2.97. The maximum absolute atomic E-state index is 12.9. The summed E-state index contributed by atoms with van der Waals surface area (Å²) >= 11 is 6.20. The van der Waals surface area contributed by atoms with Crippen LogP contribution in [0.1, 0.15) is 16.7 Å².